The van der Waals surface area contributed by atoms with Gasteiger partial charge in [0.05, 0.1) is 0 Å². The van der Waals surface area contributed by atoms with E-state index in [0.717, 1.165) is 12.3 Å². The molecule has 0 bridgehead atoms. The highest BCUT2D eigenvalue weighted by molar-refractivity contribution is 7.55. The lowest BCUT2D eigenvalue weighted by Gasteiger charge is -2.29. The third-order valence-electron chi connectivity index (χ3n) is 4.98. The van der Waals surface area contributed by atoms with Gasteiger partial charge < -0.3 is 14.8 Å². The van der Waals surface area contributed by atoms with Gasteiger partial charge in [-0.1, -0.05) is 80.0 Å². The van der Waals surface area contributed by atoms with E-state index in [0.29, 0.717) is 8.58 Å². The summed E-state index contributed by atoms with van der Waals surface area (Å²) >= 11 is 0. The highest BCUT2D eigenvalue weighted by atomic mass is 31.1. The van der Waals surface area contributed by atoms with Gasteiger partial charge in [-0.15, -0.1) is 0 Å². The van der Waals surface area contributed by atoms with Crippen molar-refractivity contribution in [2.24, 2.45) is 0 Å². The Morgan fingerprint density at radius 3 is 2.17 bits per heavy atom. The molecule has 1 atom stereocenters. The third-order valence-corrected chi connectivity index (χ3v) is 6.38. The summed E-state index contributed by atoms with van der Waals surface area (Å²) in [4.78, 5) is 0. The maximum absolute atomic E-state index is 6.18. The molecule has 2 aromatic carbocycles. The smallest absolute Gasteiger partial charge is 0.188 e. The van der Waals surface area contributed by atoms with E-state index in [4.69, 9.17) is 9.47 Å². The van der Waals surface area contributed by atoms with Gasteiger partial charge in [0.15, 0.2) is 6.79 Å². The first-order valence-electron chi connectivity index (χ1n) is 10.3. The number of ether oxygens (including phenoxy) is 2. The van der Waals surface area contributed by atoms with E-state index in [2.05, 4.69) is 84.1 Å². The van der Waals surface area contributed by atoms with Gasteiger partial charge in [-0.25, -0.2) is 0 Å². The van der Waals surface area contributed by atoms with E-state index >= 15 is 0 Å². The molecule has 0 spiro atoms. The summed E-state index contributed by atoms with van der Waals surface area (Å²) in [6.07, 6.45) is 0. The van der Waals surface area contributed by atoms with Crippen LogP contribution in [0.15, 0.2) is 30.3 Å². The molecule has 0 heterocycles. The standard InChI is InChI=1S/C25H38NO2P/c1-17-10-11-21(18(12-17)15-26-8)29-22-14-19(24(2,3)4)13-20(25(5,6)7)23(22)28-16-27-9/h10-14,26,29H,15-16H2,1-9H3. The fraction of sp³-hybridized carbons (Fsp3) is 0.520. The van der Waals surface area contributed by atoms with Crippen LogP contribution in [0.2, 0.25) is 0 Å². The fourth-order valence-electron chi connectivity index (χ4n) is 3.31. The van der Waals surface area contributed by atoms with Crippen LogP contribution < -0.4 is 20.7 Å². The first-order valence-corrected chi connectivity index (χ1v) is 11.3. The lowest BCUT2D eigenvalue weighted by molar-refractivity contribution is 0.0506. The van der Waals surface area contributed by atoms with Crippen molar-refractivity contribution in [1.29, 1.82) is 0 Å². The van der Waals surface area contributed by atoms with Gasteiger partial charge in [0.1, 0.15) is 5.75 Å². The molecule has 0 aliphatic heterocycles. The third kappa shape index (κ3) is 6.28. The summed E-state index contributed by atoms with van der Waals surface area (Å²) in [5.41, 5.74) is 5.27. The minimum Gasteiger partial charge on any atom is -0.467 e. The van der Waals surface area contributed by atoms with Gasteiger partial charge in [-0.3, -0.25) is 0 Å². The molecule has 160 valence electrons. The Morgan fingerprint density at radius 2 is 1.62 bits per heavy atom. The molecule has 0 fully saturated rings. The summed E-state index contributed by atoms with van der Waals surface area (Å²) in [5.74, 6) is 0.974. The van der Waals surface area contributed by atoms with Crippen molar-refractivity contribution in [3.63, 3.8) is 0 Å². The number of methoxy groups -OCH3 is 1. The molecular formula is C25H38NO2P. The lowest BCUT2D eigenvalue weighted by Crippen LogP contribution is -2.24. The minimum absolute atomic E-state index is 0.0232. The van der Waals surface area contributed by atoms with E-state index in [1.54, 1.807) is 7.11 Å². The number of rotatable bonds is 7. The van der Waals surface area contributed by atoms with E-state index < -0.39 is 0 Å². The first-order chi connectivity index (χ1) is 13.5. The number of benzene rings is 2. The number of aryl methyl sites for hydroxylation is 1. The monoisotopic (exact) mass is 415 g/mol. The minimum atomic E-state index is -0.0232. The van der Waals surface area contributed by atoms with Crippen LogP contribution in [0, 0.1) is 6.92 Å². The summed E-state index contributed by atoms with van der Waals surface area (Å²) in [6.45, 7) is 16.8. The van der Waals surface area contributed by atoms with E-state index in [1.807, 2.05) is 7.05 Å². The largest absolute Gasteiger partial charge is 0.467 e. The molecule has 0 aliphatic rings. The zero-order chi connectivity index (χ0) is 21.8. The Hall–Kier alpha value is -1.41. The quantitative estimate of drug-likeness (QED) is 0.514. The van der Waals surface area contributed by atoms with Gasteiger partial charge >= 0.3 is 0 Å². The molecule has 2 aromatic rings. The topological polar surface area (TPSA) is 30.5 Å². The maximum atomic E-state index is 6.18. The summed E-state index contributed by atoms with van der Waals surface area (Å²) in [6, 6.07) is 11.4. The van der Waals surface area contributed by atoms with Crippen molar-refractivity contribution in [2.45, 2.75) is 65.8 Å². The summed E-state index contributed by atoms with van der Waals surface area (Å²) in [7, 11) is 4.20. The first kappa shape index (κ1) is 23.9. The van der Waals surface area contributed by atoms with Crippen LogP contribution >= 0.6 is 8.58 Å². The van der Waals surface area contributed by atoms with Gasteiger partial charge in [0, 0.05) is 24.5 Å². The second-order valence-corrected chi connectivity index (χ2v) is 11.1. The lowest BCUT2D eigenvalue weighted by atomic mass is 9.80. The average Bonchev–Trinajstić information content (AvgIpc) is 2.61. The van der Waals surface area contributed by atoms with Gasteiger partial charge in [-0.2, -0.15) is 0 Å². The number of nitrogens with one attached hydrogen (secondary N) is 1. The molecular weight excluding hydrogens is 377 g/mol. The van der Waals surface area contributed by atoms with Gasteiger partial charge in [0.2, 0.25) is 0 Å². The Bertz CT molecular complexity index is 832. The van der Waals surface area contributed by atoms with Crippen LogP contribution in [0.1, 0.15) is 63.8 Å². The van der Waals surface area contributed by atoms with Gasteiger partial charge in [-0.05, 0) is 47.3 Å². The van der Waals surface area contributed by atoms with Gasteiger partial charge in [0.25, 0.3) is 0 Å². The summed E-state index contributed by atoms with van der Waals surface area (Å²) < 4.78 is 11.4. The van der Waals surface area contributed by atoms with Crippen LogP contribution in [0.25, 0.3) is 0 Å². The molecule has 1 N–H and O–H groups in total. The van der Waals surface area contributed by atoms with Crippen molar-refractivity contribution < 1.29 is 9.47 Å². The van der Waals surface area contributed by atoms with E-state index in [1.165, 1.54) is 32.9 Å². The highest BCUT2D eigenvalue weighted by Crippen LogP contribution is 2.37. The van der Waals surface area contributed by atoms with Crippen molar-refractivity contribution in [2.75, 3.05) is 21.0 Å². The van der Waals surface area contributed by atoms with Crippen molar-refractivity contribution in [1.82, 2.24) is 5.32 Å². The maximum Gasteiger partial charge on any atom is 0.188 e. The molecule has 3 nitrogen and oxygen atoms in total. The van der Waals surface area contributed by atoms with Crippen LogP contribution in [-0.2, 0) is 22.1 Å². The van der Waals surface area contributed by atoms with Crippen LogP contribution in [0.3, 0.4) is 0 Å². The average molecular weight is 416 g/mol. The SMILES string of the molecule is CNCc1cc(C)ccc1Pc1cc(C(C)(C)C)cc(C(C)(C)C)c1OCOC. The molecule has 0 aliphatic carbocycles. The van der Waals surface area contributed by atoms with Crippen LogP contribution in [0.5, 0.6) is 5.75 Å². The predicted molar refractivity (Wildman–Crippen MR) is 128 cm³/mol. The van der Waals surface area contributed by atoms with Crippen LogP contribution in [-0.4, -0.2) is 21.0 Å². The van der Waals surface area contributed by atoms with Crippen molar-refractivity contribution >= 4 is 19.2 Å². The zero-order valence-electron chi connectivity index (χ0n) is 19.6. The predicted octanol–water partition coefficient (Wildman–Crippen LogP) is 4.92. The Labute approximate surface area is 179 Å². The molecule has 0 saturated heterocycles. The molecule has 2 rings (SSSR count). The second kappa shape index (κ2) is 9.60. The summed E-state index contributed by atoms with van der Waals surface area (Å²) in [5, 5.41) is 5.92. The molecule has 0 amide bonds. The Balaban J connectivity index is 2.68. The Kier molecular flexibility index (Phi) is 7.90. The zero-order valence-corrected chi connectivity index (χ0v) is 20.6. The fourth-order valence-corrected chi connectivity index (χ4v) is 4.64. The normalized spacial score (nSPS) is 12.7. The van der Waals surface area contributed by atoms with Crippen molar-refractivity contribution in [3.05, 3.63) is 52.6 Å². The Morgan fingerprint density at radius 1 is 0.931 bits per heavy atom. The van der Waals surface area contributed by atoms with E-state index in [9.17, 15) is 0 Å². The highest BCUT2D eigenvalue weighted by Gasteiger charge is 2.26. The molecule has 4 heteroatoms. The molecule has 0 aromatic heterocycles. The molecule has 0 radical (unpaired) electrons. The number of hydrogen-bond acceptors (Lipinski definition) is 3. The second-order valence-electron chi connectivity index (χ2n) is 9.77. The molecule has 0 saturated carbocycles. The molecule has 1 unspecified atom stereocenters. The van der Waals surface area contributed by atoms with E-state index in [-0.39, 0.29) is 17.6 Å². The number of hydrogen-bond donors (Lipinski definition) is 1. The van der Waals surface area contributed by atoms with Crippen LogP contribution in [0.4, 0.5) is 0 Å². The van der Waals surface area contributed by atoms with Crippen molar-refractivity contribution in [3.8, 4) is 5.75 Å². The molecule has 29 heavy (non-hydrogen) atoms.